The summed E-state index contributed by atoms with van der Waals surface area (Å²) in [4.78, 5) is 9.27. The third-order valence-corrected chi connectivity index (χ3v) is 7.92. The highest BCUT2D eigenvalue weighted by molar-refractivity contribution is 7.94. The van der Waals surface area contributed by atoms with Crippen molar-refractivity contribution in [2.24, 2.45) is 0 Å². The number of hydrogen-bond acceptors (Lipinski definition) is 7. The molecule has 3 rings (SSSR count). The monoisotopic (exact) mass is 387 g/mol. The van der Waals surface area contributed by atoms with Crippen molar-refractivity contribution in [1.82, 2.24) is 9.97 Å². The van der Waals surface area contributed by atoms with Crippen LogP contribution in [0.2, 0.25) is 4.47 Å². The first-order chi connectivity index (χ1) is 10.9. The molecule has 23 heavy (non-hydrogen) atoms. The zero-order chi connectivity index (χ0) is 16.6. The molecule has 1 aromatic carbocycles. The van der Waals surface area contributed by atoms with Crippen LogP contribution in [0.15, 0.2) is 28.7 Å². The highest BCUT2D eigenvalue weighted by Gasteiger charge is 2.23. The van der Waals surface area contributed by atoms with Crippen LogP contribution in [0.3, 0.4) is 0 Å². The van der Waals surface area contributed by atoms with Gasteiger partial charge >= 0.3 is 0 Å². The van der Waals surface area contributed by atoms with E-state index in [2.05, 4.69) is 15.3 Å². The van der Waals surface area contributed by atoms with Gasteiger partial charge in [-0.15, -0.1) is 22.7 Å². The first kappa shape index (κ1) is 16.6. The Morgan fingerprint density at radius 2 is 2.09 bits per heavy atom. The predicted octanol–water partition coefficient (Wildman–Crippen LogP) is 4.20. The Hall–Kier alpha value is -1.22. The Kier molecular flexibility index (Phi) is 4.59. The van der Waals surface area contributed by atoms with Crippen LogP contribution < -0.4 is 5.32 Å². The summed E-state index contributed by atoms with van der Waals surface area (Å²) in [7, 11) is -3.34. The van der Waals surface area contributed by atoms with Crippen LogP contribution in [0.4, 0.5) is 5.69 Å². The summed E-state index contributed by atoms with van der Waals surface area (Å²) >= 11 is 8.43. The van der Waals surface area contributed by atoms with E-state index < -0.39 is 15.1 Å². The van der Waals surface area contributed by atoms with Gasteiger partial charge in [0.2, 0.25) is 14.2 Å². The maximum Gasteiger partial charge on any atom is 0.210 e. The predicted molar refractivity (Wildman–Crippen MR) is 96.4 cm³/mol. The van der Waals surface area contributed by atoms with Gasteiger partial charge in [-0.25, -0.2) is 18.4 Å². The van der Waals surface area contributed by atoms with Gasteiger partial charge in [0.25, 0.3) is 0 Å². The Morgan fingerprint density at radius 3 is 2.74 bits per heavy atom. The number of nitrogens with zero attached hydrogens (tertiary/aromatic N) is 2. The first-order valence-electron chi connectivity index (χ1n) is 6.85. The lowest BCUT2D eigenvalue weighted by atomic mass is 10.3. The third-order valence-electron chi connectivity index (χ3n) is 3.22. The fourth-order valence-electron chi connectivity index (χ4n) is 1.89. The highest BCUT2D eigenvalue weighted by atomic mass is 35.5. The van der Waals surface area contributed by atoms with E-state index in [1.54, 1.807) is 20.0 Å². The molecule has 0 bridgehead atoms. The summed E-state index contributed by atoms with van der Waals surface area (Å²) < 4.78 is 26.0. The van der Waals surface area contributed by atoms with Gasteiger partial charge in [0.05, 0.1) is 22.0 Å². The van der Waals surface area contributed by atoms with E-state index in [4.69, 9.17) is 11.6 Å². The van der Waals surface area contributed by atoms with Crippen LogP contribution >= 0.6 is 34.3 Å². The van der Waals surface area contributed by atoms with Crippen molar-refractivity contribution in [2.45, 2.75) is 30.0 Å². The van der Waals surface area contributed by atoms with Crippen molar-refractivity contribution in [3.63, 3.8) is 0 Å². The number of hydrogen-bond donors (Lipinski definition) is 1. The standard InChI is InChI=1S/C14H14ClN3O2S3/c1-8(2)23(19,20)14-18-11-4-3-9(5-12(11)22-14)16-6-10-7-17-13(15)21-10/h3-5,7-8,16H,6H2,1-2H3. The molecular formula is C14H14ClN3O2S3. The van der Waals surface area contributed by atoms with Gasteiger partial charge in [0, 0.05) is 16.8 Å². The molecular weight excluding hydrogens is 374 g/mol. The summed E-state index contributed by atoms with van der Waals surface area (Å²) in [6.45, 7) is 3.94. The van der Waals surface area contributed by atoms with E-state index in [-0.39, 0.29) is 4.34 Å². The largest absolute Gasteiger partial charge is 0.380 e. The van der Waals surface area contributed by atoms with Gasteiger partial charge in [-0.2, -0.15) is 0 Å². The van der Waals surface area contributed by atoms with Crippen molar-refractivity contribution in [1.29, 1.82) is 0 Å². The molecule has 122 valence electrons. The van der Waals surface area contributed by atoms with Crippen LogP contribution in [0.25, 0.3) is 10.2 Å². The van der Waals surface area contributed by atoms with Crippen LogP contribution in [0.1, 0.15) is 18.7 Å². The van der Waals surface area contributed by atoms with Crippen molar-refractivity contribution < 1.29 is 8.42 Å². The number of sulfone groups is 1. The molecule has 1 N–H and O–H groups in total. The maximum absolute atomic E-state index is 12.2. The Bertz CT molecular complexity index is 947. The zero-order valence-corrected chi connectivity index (χ0v) is 15.6. The highest BCUT2D eigenvalue weighted by Crippen LogP contribution is 2.30. The molecule has 0 spiro atoms. The minimum Gasteiger partial charge on any atom is -0.380 e. The van der Waals surface area contributed by atoms with Gasteiger partial charge < -0.3 is 5.32 Å². The summed E-state index contributed by atoms with van der Waals surface area (Å²) in [6, 6.07) is 5.62. The number of fused-ring (bicyclic) bond motifs is 1. The molecule has 0 unspecified atom stereocenters. The molecule has 3 aromatic rings. The second-order valence-corrected chi connectivity index (χ2v) is 10.6. The van der Waals surface area contributed by atoms with Gasteiger partial charge in [-0.05, 0) is 32.0 Å². The smallest absolute Gasteiger partial charge is 0.210 e. The minimum atomic E-state index is -3.34. The molecule has 5 nitrogen and oxygen atoms in total. The average molecular weight is 388 g/mol. The second-order valence-electron chi connectivity index (χ2n) is 5.19. The van der Waals surface area contributed by atoms with Crippen molar-refractivity contribution in [2.75, 3.05) is 5.32 Å². The molecule has 0 aliphatic carbocycles. The van der Waals surface area contributed by atoms with E-state index in [1.165, 1.54) is 22.7 Å². The Balaban J connectivity index is 1.84. The van der Waals surface area contributed by atoms with Crippen LogP contribution in [-0.2, 0) is 16.4 Å². The van der Waals surface area contributed by atoms with E-state index in [1.807, 2.05) is 18.2 Å². The van der Waals surface area contributed by atoms with Crippen molar-refractivity contribution in [3.8, 4) is 0 Å². The molecule has 0 atom stereocenters. The number of anilines is 1. The summed E-state index contributed by atoms with van der Waals surface area (Å²) in [5.41, 5.74) is 1.60. The molecule has 9 heteroatoms. The van der Waals surface area contributed by atoms with Gasteiger partial charge in [-0.3, -0.25) is 0 Å². The molecule has 0 amide bonds. The van der Waals surface area contributed by atoms with Gasteiger partial charge in [0.1, 0.15) is 0 Å². The van der Waals surface area contributed by atoms with Crippen molar-refractivity contribution in [3.05, 3.63) is 33.7 Å². The van der Waals surface area contributed by atoms with E-state index in [9.17, 15) is 8.42 Å². The number of thiazole rings is 2. The zero-order valence-electron chi connectivity index (χ0n) is 12.4. The summed E-state index contributed by atoms with van der Waals surface area (Å²) in [5, 5.41) is 2.80. The molecule has 0 radical (unpaired) electrons. The lowest BCUT2D eigenvalue weighted by Gasteiger charge is -2.03. The topological polar surface area (TPSA) is 72.0 Å². The molecule has 0 aliphatic heterocycles. The summed E-state index contributed by atoms with van der Waals surface area (Å²) in [6.07, 6.45) is 1.73. The molecule has 0 saturated carbocycles. The number of aromatic nitrogens is 2. The number of halogens is 1. The first-order valence-corrected chi connectivity index (χ1v) is 10.4. The normalized spacial score (nSPS) is 12.2. The molecule has 2 heterocycles. The van der Waals surface area contributed by atoms with Gasteiger partial charge in [-0.1, -0.05) is 11.6 Å². The fraction of sp³-hybridized carbons (Fsp3) is 0.286. The van der Waals surface area contributed by atoms with E-state index in [0.29, 0.717) is 16.5 Å². The van der Waals surface area contributed by atoms with E-state index >= 15 is 0 Å². The Labute approximate surface area is 147 Å². The second kappa shape index (κ2) is 6.35. The fourth-order valence-corrected chi connectivity index (χ4v) is 5.49. The lowest BCUT2D eigenvalue weighted by Crippen LogP contribution is -2.13. The van der Waals surface area contributed by atoms with Crippen LogP contribution in [-0.4, -0.2) is 23.6 Å². The van der Waals surface area contributed by atoms with Crippen LogP contribution in [0, 0.1) is 0 Å². The quantitative estimate of drug-likeness (QED) is 0.710. The summed E-state index contributed by atoms with van der Waals surface area (Å²) in [5.74, 6) is 0. The average Bonchev–Trinajstić information content (AvgIpc) is 3.10. The Morgan fingerprint density at radius 1 is 1.30 bits per heavy atom. The molecule has 0 saturated heterocycles. The molecule has 0 aliphatic rings. The molecule has 2 aromatic heterocycles. The number of benzene rings is 1. The number of nitrogens with one attached hydrogen (secondary N) is 1. The maximum atomic E-state index is 12.2. The van der Waals surface area contributed by atoms with Crippen molar-refractivity contribution >= 4 is 60.0 Å². The number of rotatable bonds is 5. The van der Waals surface area contributed by atoms with Gasteiger partial charge in [0.15, 0.2) is 4.47 Å². The van der Waals surface area contributed by atoms with Crippen LogP contribution in [0.5, 0.6) is 0 Å². The lowest BCUT2D eigenvalue weighted by molar-refractivity contribution is 0.587. The molecule has 0 fully saturated rings. The van der Waals surface area contributed by atoms with E-state index in [0.717, 1.165) is 15.3 Å². The SMILES string of the molecule is CC(C)S(=O)(=O)c1nc2ccc(NCc3cnc(Cl)s3)cc2s1. The third kappa shape index (κ3) is 3.50. The minimum absolute atomic E-state index is 0.175.